The molecule has 2 heterocycles. The van der Waals surface area contributed by atoms with Crippen LogP contribution in [0.3, 0.4) is 0 Å². The van der Waals surface area contributed by atoms with Crippen molar-refractivity contribution in [2.45, 2.75) is 4.90 Å². The van der Waals surface area contributed by atoms with E-state index in [2.05, 4.69) is 10.2 Å². The lowest BCUT2D eigenvalue weighted by Gasteiger charge is -2.33. The molecule has 4 aromatic carbocycles. The third-order valence-electron chi connectivity index (χ3n) is 6.97. The molecule has 0 unspecified atom stereocenters. The number of benzene rings is 4. The average molecular weight is 611 g/mol. The number of carbonyl (C=O) groups excluding carboxylic acids is 2. The Bertz CT molecular complexity index is 1920. The standard InChI is InChI=1S/C29H21B2ClN4O6S/c1-43(40,41)22-16-14-20(15-17-22)29(38)36-31(24-12-6-5-10-21(24)18-33-36)42-27-23-11-7-13-25(32)26(23)30(39)35(34-27)28(37)19-8-3-2-4-9-19/h2-18,39H,1H3. The van der Waals surface area contributed by atoms with Crippen molar-refractivity contribution < 1.29 is 27.7 Å². The van der Waals surface area contributed by atoms with Gasteiger partial charge in [-0.05, 0) is 59.6 Å². The largest absolute Gasteiger partial charge is 0.545 e. The average Bonchev–Trinajstić information content (AvgIpc) is 3.02. The number of halogens is 1. The lowest BCUT2D eigenvalue weighted by atomic mass is 9.67. The topological polar surface area (TPSA) is 129 Å². The molecular weight excluding hydrogens is 589 g/mol. The van der Waals surface area contributed by atoms with Gasteiger partial charge in [0.05, 0.1) is 11.1 Å². The van der Waals surface area contributed by atoms with Crippen LogP contribution in [0.4, 0.5) is 0 Å². The molecule has 2 aliphatic heterocycles. The summed E-state index contributed by atoms with van der Waals surface area (Å²) in [5.41, 5.74) is 2.25. The molecule has 0 saturated carbocycles. The van der Waals surface area contributed by atoms with Gasteiger partial charge in [-0.2, -0.15) is 5.10 Å². The van der Waals surface area contributed by atoms with Crippen molar-refractivity contribution >= 4 is 70.4 Å². The highest BCUT2D eigenvalue weighted by atomic mass is 35.5. The van der Waals surface area contributed by atoms with Crippen LogP contribution in [-0.4, -0.2) is 67.6 Å². The summed E-state index contributed by atoms with van der Waals surface area (Å²) >= 11 is 6.51. The van der Waals surface area contributed by atoms with E-state index in [1.54, 1.807) is 66.7 Å². The van der Waals surface area contributed by atoms with Crippen LogP contribution in [0.25, 0.3) is 0 Å². The predicted molar refractivity (Wildman–Crippen MR) is 164 cm³/mol. The zero-order valence-corrected chi connectivity index (χ0v) is 24.1. The van der Waals surface area contributed by atoms with Gasteiger partial charge in [-0.15, -0.1) is 5.10 Å². The lowest BCUT2D eigenvalue weighted by molar-refractivity contribution is 0.0829. The Morgan fingerprint density at radius 3 is 2.21 bits per heavy atom. The number of hydrogen-bond donors (Lipinski definition) is 1. The Labute approximate surface area is 253 Å². The van der Waals surface area contributed by atoms with E-state index >= 15 is 0 Å². The van der Waals surface area contributed by atoms with Crippen LogP contribution in [0.15, 0.2) is 112 Å². The molecule has 0 aromatic heterocycles. The summed E-state index contributed by atoms with van der Waals surface area (Å²) in [4.78, 5) is 29.3. The molecule has 1 N–H and O–H groups in total. The fraction of sp³-hybridized carbons (Fsp3) is 0.0345. The van der Waals surface area contributed by atoms with E-state index in [4.69, 9.17) is 16.3 Å². The summed E-state index contributed by atoms with van der Waals surface area (Å²) in [5.74, 6) is -1.24. The maximum absolute atomic E-state index is 13.7. The summed E-state index contributed by atoms with van der Waals surface area (Å²) in [6.45, 7) is 0. The summed E-state index contributed by atoms with van der Waals surface area (Å²) in [7, 11) is -6.13. The molecule has 4 aromatic rings. The van der Waals surface area contributed by atoms with Crippen LogP contribution >= 0.6 is 11.6 Å². The number of hydrogen-bond acceptors (Lipinski definition) is 8. The van der Waals surface area contributed by atoms with E-state index in [1.807, 2.05) is 6.07 Å². The van der Waals surface area contributed by atoms with Crippen molar-refractivity contribution in [3.05, 3.63) is 124 Å². The van der Waals surface area contributed by atoms with Gasteiger partial charge in [0.2, 0.25) is 5.90 Å². The van der Waals surface area contributed by atoms with Crippen LogP contribution in [0.5, 0.6) is 0 Å². The van der Waals surface area contributed by atoms with Crippen LogP contribution in [0, 0.1) is 0 Å². The quantitative estimate of drug-likeness (QED) is 0.353. The number of carbonyl (C=O) groups is 2. The third kappa shape index (κ3) is 5.34. The molecule has 212 valence electrons. The minimum Gasteiger partial charge on any atom is -0.521 e. The van der Waals surface area contributed by atoms with Crippen LogP contribution in [0.1, 0.15) is 31.8 Å². The minimum atomic E-state index is -3.47. The summed E-state index contributed by atoms with van der Waals surface area (Å²) in [6.07, 6.45) is 2.60. The molecule has 0 atom stereocenters. The zero-order valence-electron chi connectivity index (χ0n) is 22.5. The molecule has 0 aliphatic carbocycles. The van der Waals surface area contributed by atoms with Gasteiger partial charge in [-0.3, -0.25) is 9.59 Å². The highest BCUT2D eigenvalue weighted by molar-refractivity contribution is 7.90. The molecular formula is C29H21B2ClN4O6S. The maximum Gasteiger partial charge on any atom is 0.545 e. The van der Waals surface area contributed by atoms with Crippen molar-refractivity contribution in [3.8, 4) is 0 Å². The second kappa shape index (κ2) is 11.2. The van der Waals surface area contributed by atoms with Crippen molar-refractivity contribution in [3.63, 3.8) is 0 Å². The predicted octanol–water partition coefficient (Wildman–Crippen LogP) is 2.15. The first kappa shape index (κ1) is 28.4. The van der Waals surface area contributed by atoms with Crippen LogP contribution in [0.2, 0.25) is 5.02 Å². The van der Waals surface area contributed by atoms with Gasteiger partial charge >= 0.3 is 14.1 Å². The van der Waals surface area contributed by atoms with Gasteiger partial charge in [-0.25, -0.2) is 18.3 Å². The molecule has 0 saturated heterocycles. The molecule has 0 bridgehead atoms. The third-order valence-corrected chi connectivity index (χ3v) is 8.42. The lowest BCUT2D eigenvalue weighted by Crippen LogP contribution is -2.58. The van der Waals surface area contributed by atoms with Crippen molar-refractivity contribution in [1.82, 2.24) is 9.84 Å². The number of fused-ring (bicyclic) bond motifs is 2. The van der Waals surface area contributed by atoms with E-state index in [0.717, 1.165) is 16.1 Å². The second-order valence-corrected chi connectivity index (χ2v) is 12.2. The van der Waals surface area contributed by atoms with Gasteiger partial charge < -0.3 is 9.68 Å². The number of rotatable bonds is 4. The number of amides is 2. The van der Waals surface area contributed by atoms with Gasteiger partial charge in [-0.1, -0.05) is 60.1 Å². The van der Waals surface area contributed by atoms with Gasteiger partial charge in [0.1, 0.15) is 0 Å². The van der Waals surface area contributed by atoms with E-state index in [0.29, 0.717) is 16.6 Å². The molecule has 14 heteroatoms. The Morgan fingerprint density at radius 2 is 1.49 bits per heavy atom. The van der Waals surface area contributed by atoms with Crippen LogP contribution < -0.4 is 10.9 Å². The highest BCUT2D eigenvalue weighted by Gasteiger charge is 2.44. The number of nitrogens with zero attached hydrogens (tertiary/aromatic N) is 4. The molecule has 0 radical (unpaired) electrons. The van der Waals surface area contributed by atoms with Gasteiger partial charge in [0.25, 0.3) is 11.8 Å². The Hall–Kier alpha value is -4.71. The molecule has 43 heavy (non-hydrogen) atoms. The van der Waals surface area contributed by atoms with Crippen molar-refractivity contribution in [2.24, 2.45) is 10.2 Å². The minimum absolute atomic E-state index is 0.0659. The summed E-state index contributed by atoms with van der Waals surface area (Å²) in [5, 5.41) is 20.2. The molecule has 2 amide bonds. The van der Waals surface area contributed by atoms with Crippen molar-refractivity contribution in [1.29, 1.82) is 0 Å². The van der Waals surface area contributed by atoms with Gasteiger partial charge in [0, 0.05) is 33.4 Å². The summed E-state index contributed by atoms with van der Waals surface area (Å²) < 4.78 is 30.3. The maximum atomic E-state index is 13.7. The molecule has 2 aliphatic rings. The number of hydrazone groups is 2. The Kier molecular flexibility index (Phi) is 7.38. The molecule has 6 rings (SSSR count). The van der Waals surface area contributed by atoms with Crippen molar-refractivity contribution in [2.75, 3.05) is 6.26 Å². The summed E-state index contributed by atoms with van der Waals surface area (Å²) in [6, 6.07) is 25.8. The monoisotopic (exact) mass is 610 g/mol. The Morgan fingerprint density at radius 1 is 0.837 bits per heavy atom. The normalized spacial score (nSPS) is 14.2. The zero-order chi connectivity index (χ0) is 30.3. The smallest absolute Gasteiger partial charge is 0.521 e. The Balaban J connectivity index is 1.43. The van der Waals surface area contributed by atoms with Gasteiger partial charge in [0.15, 0.2) is 9.84 Å². The fourth-order valence-corrected chi connectivity index (χ4v) is 5.70. The first-order valence-corrected chi connectivity index (χ1v) is 15.3. The van der Waals surface area contributed by atoms with Crippen LogP contribution in [-0.2, 0) is 14.5 Å². The first-order valence-electron chi connectivity index (χ1n) is 13.0. The molecule has 0 spiro atoms. The highest BCUT2D eigenvalue weighted by Crippen LogP contribution is 2.22. The van der Waals surface area contributed by atoms with E-state index in [9.17, 15) is 23.0 Å². The van der Waals surface area contributed by atoms with E-state index in [1.165, 1.54) is 30.5 Å². The molecule has 0 fully saturated rings. The molecule has 10 nitrogen and oxygen atoms in total. The second-order valence-electron chi connectivity index (χ2n) is 9.79. The number of sulfone groups is 1. The first-order chi connectivity index (χ1) is 20.6. The fourth-order valence-electron chi connectivity index (χ4n) is 4.80. The van der Waals surface area contributed by atoms with E-state index in [-0.39, 0.29) is 32.4 Å². The SMILES string of the molecule is CS(=O)(=O)c1ccc(C(=O)N2N=Cc3ccccc3B2OC2=NN(C(=O)c3ccccc3)B(O)c3c(Cl)cccc32)cc1. The van der Waals surface area contributed by atoms with E-state index < -0.39 is 35.8 Å².